The Morgan fingerprint density at radius 2 is 1.83 bits per heavy atom. The van der Waals surface area contributed by atoms with E-state index >= 15 is 0 Å². The van der Waals surface area contributed by atoms with Gasteiger partial charge in [-0.05, 0) is 31.5 Å². The first-order valence-corrected chi connectivity index (χ1v) is 10.1. The minimum atomic E-state index is 0.237. The first-order chi connectivity index (χ1) is 14.2. The fourth-order valence-electron chi connectivity index (χ4n) is 4.82. The number of aryl methyl sites for hydroxylation is 2. The third-order valence-corrected chi connectivity index (χ3v) is 6.30. The van der Waals surface area contributed by atoms with E-state index in [2.05, 4.69) is 48.8 Å². The number of likely N-dealkylation sites (tertiary alicyclic amines) is 1. The maximum absolute atomic E-state index is 4.90. The molecule has 2 aliphatic rings. The van der Waals surface area contributed by atoms with Gasteiger partial charge in [0.05, 0.1) is 11.2 Å². The molecule has 1 saturated heterocycles. The summed E-state index contributed by atoms with van der Waals surface area (Å²) in [7, 11) is 0. The minimum Gasteiger partial charge on any atom is -0.297 e. The van der Waals surface area contributed by atoms with Crippen LogP contribution in [0.5, 0.6) is 0 Å². The summed E-state index contributed by atoms with van der Waals surface area (Å²) in [6, 6.07) is 12.7. The van der Waals surface area contributed by atoms with Crippen LogP contribution in [0.4, 0.5) is 0 Å². The van der Waals surface area contributed by atoms with Gasteiger partial charge in [0, 0.05) is 72.4 Å². The number of hydrogen-bond acceptors (Lipinski definition) is 5. The highest BCUT2D eigenvalue weighted by Crippen LogP contribution is 2.44. The smallest absolute Gasteiger partial charge is 0.125 e. The van der Waals surface area contributed by atoms with Crippen LogP contribution in [-0.2, 0) is 18.5 Å². The van der Waals surface area contributed by atoms with Crippen LogP contribution in [0, 0.1) is 6.92 Å². The lowest BCUT2D eigenvalue weighted by Crippen LogP contribution is -2.57. The van der Waals surface area contributed by atoms with Crippen molar-refractivity contribution >= 4 is 10.9 Å². The van der Waals surface area contributed by atoms with Crippen LogP contribution in [0.2, 0.25) is 0 Å². The van der Waals surface area contributed by atoms with Crippen molar-refractivity contribution in [3.8, 4) is 11.3 Å². The van der Waals surface area contributed by atoms with E-state index in [-0.39, 0.29) is 5.41 Å². The lowest BCUT2D eigenvalue weighted by molar-refractivity contribution is 0.0580. The van der Waals surface area contributed by atoms with E-state index < -0.39 is 0 Å². The number of para-hydroxylation sites is 1. The topological polar surface area (TPSA) is 59.7 Å². The van der Waals surface area contributed by atoms with Gasteiger partial charge in [0.2, 0.25) is 0 Å². The highest BCUT2D eigenvalue weighted by molar-refractivity contribution is 5.82. The van der Waals surface area contributed by atoms with E-state index in [9.17, 15) is 0 Å². The normalized spacial score (nSPS) is 17.6. The van der Waals surface area contributed by atoms with Crippen molar-refractivity contribution in [2.24, 2.45) is 0 Å². The summed E-state index contributed by atoms with van der Waals surface area (Å²) in [6.07, 6.45) is 7.00. The zero-order valence-electron chi connectivity index (χ0n) is 16.4. The molecule has 0 radical (unpaired) electrons. The average Bonchev–Trinajstić information content (AvgIpc) is 3.29. The quantitative estimate of drug-likeness (QED) is 0.544. The Kier molecular flexibility index (Phi) is 3.59. The number of aromatic nitrogens is 5. The lowest BCUT2D eigenvalue weighted by atomic mass is 9.75. The van der Waals surface area contributed by atoms with E-state index in [0.717, 1.165) is 54.2 Å². The van der Waals surface area contributed by atoms with Crippen LogP contribution in [0.15, 0.2) is 55.0 Å². The second-order valence-electron chi connectivity index (χ2n) is 8.37. The zero-order chi connectivity index (χ0) is 19.4. The molecule has 1 spiro atoms. The first kappa shape index (κ1) is 16.8. The Morgan fingerprint density at radius 1 is 1.00 bits per heavy atom. The number of rotatable bonds is 3. The van der Waals surface area contributed by atoms with Crippen LogP contribution < -0.4 is 0 Å². The van der Waals surface area contributed by atoms with Gasteiger partial charge in [-0.1, -0.05) is 18.2 Å². The predicted molar refractivity (Wildman–Crippen MR) is 111 cm³/mol. The summed E-state index contributed by atoms with van der Waals surface area (Å²) in [5, 5.41) is 6.06. The molecule has 6 rings (SSSR count). The van der Waals surface area contributed by atoms with Crippen molar-refractivity contribution < 1.29 is 0 Å². The molecule has 144 valence electrons. The van der Waals surface area contributed by atoms with E-state index in [1.165, 1.54) is 17.7 Å². The van der Waals surface area contributed by atoms with Crippen molar-refractivity contribution in [2.75, 3.05) is 13.1 Å². The van der Waals surface area contributed by atoms with Gasteiger partial charge in [-0.25, -0.2) is 9.97 Å². The Hall–Kier alpha value is -3.12. The average molecular weight is 382 g/mol. The first-order valence-electron chi connectivity index (χ1n) is 10.1. The molecule has 29 heavy (non-hydrogen) atoms. The van der Waals surface area contributed by atoms with Crippen molar-refractivity contribution in [1.29, 1.82) is 0 Å². The summed E-state index contributed by atoms with van der Waals surface area (Å²) in [6.45, 7) is 5.98. The molecule has 2 aliphatic heterocycles. The predicted octanol–water partition coefficient (Wildman–Crippen LogP) is 3.35. The number of hydrogen-bond donors (Lipinski definition) is 0. The number of pyridine rings is 1. The number of nitrogens with zero attached hydrogens (tertiary/aromatic N) is 6. The molecule has 6 nitrogen and oxygen atoms in total. The van der Waals surface area contributed by atoms with Gasteiger partial charge >= 0.3 is 0 Å². The second-order valence-corrected chi connectivity index (χ2v) is 8.37. The molecule has 1 fully saturated rings. The molecule has 4 aromatic rings. The summed E-state index contributed by atoms with van der Waals surface area (Å²) in [4.78, 5) is 15.7. The molecular weight excluding hydrogens is 360 g/mol. The van der Waals surface area contributed by atoms with Crippen LogP contribution in [0.25, 0.3) is 22.2 Å². The SMILES string of the molecule is Cc1ncc(CN2CC3(CCn4nc(-c5cnc6ccccc6c5)cc43)C2)cn1. The highest BCUT2D eigenvalue weighted by Gasteiger charge is 2.49. The van der Waals surface area contributed by atoms with Gasteiger partial charge in [0.1, 0.15) is 5.82 Å². The Labute approximate surface area is 169 Å². The standard InChI is InChI=1S/C23H22N6/c1-16-24-10-17(11-25-16)13-28-14-23(15-28)6-7-29-22(23)9-21(27-29)19-8-18-4-2-3-5-20(18)26-12-19/h2-5,8-12H,6-7,13-15H2,1H3. The Balaban J connectivity index is 1.24. The molecule has 0 unspecified atom stereocenters. The van der Waals surface area contributed by atoms with Crippen LogP contribution >= 0.6 is 0 Å². The van der Waals surface area contributed by atoms with Crippen LogP contribution in [0.3, 0.4) is 0 Å². The summed E-state index contributed by atoms with van der Waals surface area (Å²) in [5.74, 6) is 0.823. The molecule has 0 atom stereocenters. The van der Waals surface area contributed by atoms with Gasteiger partial charge < -0.3 is 0 Å². The number of benzene rings is 1. The van der Waals surface area contributed by atoms with Crippen molar-refractivity contribution in [2.45, 2.75) is 31.8 Å². The van der Waals surface area contributed by atoms with Gasteiger partial charge in [-0.15, -0.1) is 0 Å². The van der Waals surface area contributed by atoms with Gasteiger partial charge in [-0.3, -0.25) is 14.6 Å². The molecule has 0 bridgehead atoms. The lowest BCUT2D eigenvalue weighted by Gasteiger charge is -2.47. The molecule has 3 aromatic heterocycles. The van der Waals surface area contributed by atoms with Gasteiger partial charge in [0.25, 0.3) is 0 Å². The van der Waals surface area contributed by atoms with Crippen molar-refractivity contribution in [3.63, 3.8) is 0 Å². The summed E-state index contributed by atoms with van der Waals surface area (Å²) >= 11 is 0. The molecule has 0 N–H and O–H groups in total. The van der Waals surface area contributed by atoms with Crippen molar-refractivity contribution in [1.82, 2.24) is 29.6 Å². The van der Waals surface area contributed by atoms with Crippen LogP contribution in [-0.4, -0.2) is 42.7 Å². The zero-order valence-corrected chi connectivity index (χ0v) is 16.4. The third kappa shape index (κ3) is 2.75. The van der Waals surface area contributed by atoms with E-state index in [0.29, 0.717) is 0 Å². The van der Waals surface area contributed by atoms with Crippen LogP contribution in [0.1, 0.15) is 23.5 Å². The molecule has 0 amide bonds. The van der Waals surface area contributed by atoms with E-state index in [1.54, 1.807) is 0 Å². The van der Waals surface area contributed by atoms with Gasteiger partial charge in [0.15, 0.2) is 0 Å². The Bertz CT molecular complexity index is 1200. The molecule has 0 aliphatic carbocycles. The maximum atomic E-state index is 4.90. The molecule has 0 saturated carbocycles. The van der Waals surface area contributed by atoms with Gasteiger partial charge in [-0.2, -0.15) is 5.10 Å². The summed E-state index contributed by atoms with van der Waals surface area (Å²) < 4.78 is 2.21. The molecule has 1 aromatic carbocycles. The van der Waals surface area contributed by atoms with E-state index in [1.807, 2.05) is 37.6 Å². The maximum Gasteiger partial charge on any atom is 0.125 e. The number of fused-ring (bicyclic) bond motifs is 3. The Morgan fingerprint density at radius 3 is 2.69 bits per heavy atom. The molecule has 6 heteroatoms. The van der Waals surface area contributed by atoms with E-state index in [4.69, 9.17) is 5.10 Å². The highest BCUT2D eigenvalue weighted by atomic mass is 15.3. The van der Waals surface area contributed by atoms with Crippen molar-refractivity contribution in [3.05, 3.63) is 72.1 Å². The largest absolute Gasteiger partial charge is 0.297 e. The third-order valence-electron chi connectivity index (χ3n) is 6.30. The molecular formula is C23H22N6. The monoisotopic (exact) mass is 382 g/mol. The fourth-order valence-corrected chi connectivity index (χ4v) is 4.82. The summed E-state index contributed by atoms with van der Waals surface area (Å²) in [5.41, 5.74) is 5.93. The second kappa shape index (κ2) is 6.19. The molecule has 5 heterocycles. The minimum absolute atomic E-state index is 0.237. The fraction of sp³-hybridized carbons (Fsp3) is 0.304.